The lowest BCUT2D eigenvalue weighted by atomic mass is 10.1. The molecule has 0 saturated carbocycles. The zero-order valence-electron chi connectivity index (χ0n) is 11.0. The van der Waals surface area contributed by atoms with Gasteiger partial charge in [-0.1, -0.05) is 26.2 Å². The Kier molecular flexibility index (Phi) is 9.22. The number of amides is 1. The fourth-order valence-electron chi connectivity index (χ4n) is 1.58. The zero-order valence-corrected chi connectivity index (χ0v) is 11.0. The maximum atomic E-state index is 11.7. The summed E-state index contributed by atoms with van der Waals surface area (Å²) in [5, 5.41) is 11.5. The van der Waals surface area contributed by atoms with Crippen molar-refractivity contribution < 1.29 is 14.7 Å². The second-order valence-electron chi connectivity index (χ2n) is 4.43. The molecular weight excluding hydrogens is 234 g/mol. The number of hydrogen-bond donors (Lipinski definition) is 4. The van der Waals surface area contributed by atoms with Crippen LogP contribution in [0.15, 0.2) is 0 Å². The van der Waals surface area contributed by atoms with Crippen LogP contribution in [0.2, 0.25) is 0 Å². The second kappa shape index (κ2) is 9.85. The number of carbonyl (C=O) groups excluding carboxylic acids is 1. The van der Waals surface area contributed by atoms with Crippen molar-refractivity contribution in [2.24, 2.45) is 11.5 Å². The van der Waals surface area contributed by atoms with E-state index in [1.165, 1.54) is 0 Å². The number of rotatable bonds is 10. The molecule has 6 heteroatoms. The number of carboxylic acid groups (broad SMARTS) is 1. The van der Waals surface area contributed by atoms with Crippen LogP contribution >= 0.6 is 0 Å². The second-order valence-corrected chi connectivity index (χ2v) is 4.43. The molecule has 6 N–H and O–H groups in total. The molecule has 0 saturated heterocycles. The van der Waals surface area contributed by atoms with Gasteiger partial charge >= 0.3 is 5.97 Å². The lowest BCUT2D eigenvalue weighted by molar-refractivity contribution is -0.142. The lowest BCUT2D eigenvalue weighted by Crippen LogP contribution is -2.48. The molecule has 0 rings (SSSR count). The zero-order chi connectivity index (χ0) is 14.0. The molecule has 6 nitrogen and oxygen atoms in total. The highest BCUT2D eigenvalue weighted by Crippen LogP contribution is 2.03. The first-order chi connectivity index (χ1) is 8.52. The number of hydrogen-bond acceptors (Lipinski definition) is 4. The summed E-state index contributed by atoms with van der Waals surface area (Å²) in [7, 11) is 0. The van der Waals surface area contributed by atoms with E-state index in [0.29, 0.717) is 19.4 Å². The Morgan fingerprint density at radius 1 is 1.22 bits per heavy atom. The minimum atomic E-state index is -1.01. The Labute approximate surface area is 108 Å². The maximum Gasteiger partial charge on any atom is 0.326 e. The minimum Gasteiger partial charge on any atom is -0.480 e. The summed E-state index contributed by atoms with van der Waals surface area (Å²) in [6.45, 7) is 2.54. The van der Waals surface area contributed by atoms with Gasteiger partial charge in [-0.2, -0.15) is 0 Å². The van der Waals surface area contributed by atoms with Gasteiger partial charge in [-0.25, -0.2) is 4.79 Å². The molecule has 2 unspecified atom stereocenters. The number of nitrogens with one attached hydrogen (secondary N) is 1. The van der Waals surface area contributed by atoms with Gasteiger partial charge in [0, 0.05) is 0 Å². The summed E-state index contributed by atoms with van der Waals surface area (Å²) in [6, 6.07) is -1.49. The van der Waals surface area contributed by atoms with Crippen molar-refractivity contribution in [1.82, 2.24) is 5.32 Å². The number of aliphatic carboxylic acids is 1. The Hall–Kier alpha value is -1.14. The Balaban J connectivity index is 4.10. The van der Waals surface area contributed by atoms with E-state index < -0.39 is 24.0 Å². The van der Waals surface area contributed by atoms with E-state index in [0.717, 1.165) is 25.7 Å². The van der Waals surface area contributed by atoms with Gasteiger partial charge in [-0.3, -0.25) is 4.79 Å². The number of carboxylic acids is 1. The molecule has 0 fully saturated rings. The van der Waals surface area contributed by atoms with Crippen LogP contribution in [0, 0.1) is 0 Å². The van der Waals surface area contributed by atoms with Gasteiger partial charge in [0.1, 0.15) is 6.04 Å². The first-order valence-corrected chi connectivity index (χ1v) is 6.51. The van der Waals surface area contributed by atoms with Crippen LogP contribution in [0.4, 0.5) is 0 Å². The molecule has 0 aromatic heterocycles. The van der Waals surface area contributed by atoms with Crippen LogP contribution < -0.4 is 16.8 Å². The van der Waals surface area contributed by atoms with Gasteiger partial charge in [0.25, 0.3) is 0 Å². The molecule has 0 aromatic rings. The van der Waals surface area contributed by atoms with Crippen molar-refractivity contribution in [3.05, 3.63) is 0 Å². The highest BCUT2D eigenvalue weighted by molar-refractivity contribution is 5.86. The Morgan fingerprint density at radius 2 is 1.89 bits per heavy atom. The summed E-state index contributed by atoms with van der Waals surface area (Å²) in [5.41, 5.74) is 11.0. The molecule has 0 radical (unpaired) electrons. The molecule has 0 spiro atoms. The Bertz CT molecular complexity index is 259. The maximum absolute atomic E-state index is 11.7. The normalized spacial score (nSPS) is 13.9. The van der Waals surface area contributed by atoms with Crippen molar-refractivity contribution in [3.63, 3.8) is 0 Å². The third-order valence-electron chi connectivity index (χ3n) is 2.77. The average Bonchev–Trinajstić information content (AvgIpc) is 2.33. The number of carbonyl (C=O) groups is 2. The van der Waals surface area contributed by atoms with E-state index in [1.54, 1.807) is 0 Å². The third kappa shape index (κ3) is 7.24. The van der Waals surface area contributed by atoms with Crippen molar-refractivity contribution in [2.45, 2.75) is 57.5 Å². The summed E-state index contributed by atoms with van der Waals surface area (Å²) in [5.74, 6) is -1.40. The fourth-order valence-corrected chi connectivity index (χ4v) is 1.58. The molecular formula is C12H25N3O3. The fraction of sp³-hybridized carbons (Fsp3) is 0.833. The van der Waals surface area contributed by atoms with Gasteiger partial charge in [0.2, 0.25) is 5.91 Å². The Morgan fingerprint density at radius 3 is 2.39 bits per heavy atom. The SMILES string of the molecule is CCCCC(NC(=O)C(N)CCCCN)C(=O)O. The first kappa shape index (κ1) is 16.9. The highest BCUT2D eigenvalue weighted by atomic mass is 16.4. The quantitative estimate of drug-likeness (QED) is 0.418. The van der Waals surface area contributed by atoms with Crippen LogP contribution in [0.1, 0.15) is 45.4 Å². The van der Waals surface area contributed by atoms with Gasteiger partial charge in [-0.15, -0.1) is 0 Å². The van der Waals surface area contributed by atoms with Gasteiger partial charge in [-0.05, 0) is 25.8 Å². The predicted octanol–water partition coefficient (Wildman–Crippen LogP) is 0.202. The summed E-state index contributed by atoms with van der Waals surface area (Å²) < 4.78 is 0. The van der Waals surface area contributed by atoms with E-state index in [4.69, 9.17) is 16.6 Å². The first-order valence-electron chi connectivity index (χ1n) is 6.51. The molecule has 0 bridgehead atoms. The number of nitrogens with two attached hydrogens (primary N) is 2. The minimum absolute atomic E-state index is 0.393. The summed E-state index contributed by atoms with van der Waals surface area (Å²) in [4.78, 5) is 22.6. The molecule has 1 amide bonds. The van der Waals surface area contributed by atoms with E-state index in [-0.39, 0.29) is 0 Å². The van der Waals surface area contributed by atoms with Gasteiger partial charge < -0.3 is 21.9 Å². The van der Waals surface area contributed by atoms with Crippen molar-refractivity contribution in [2.75, 3.05) is 6.54 Å². The molecule has 0 aliphatic rings. The average molecular weight is 259 g/mol. The van der Waals surface area contributed by atoms with Crippen molar-refractivity contribution in [3.8, 4) is 0 Å². The third-order valence-corrected chi connectivity index (χ3v) is 2.77. The van der Waals surface area contributed by atoms with Crippen LogP contribution in [0.25, 0.3) is 0 Å². The molecule has 2 atom stereocenters. The standard InChI is InChI=1S/C12H25N3O3/c1-2-3-7-10(12(17)18)15-11(16)9(14)6-4-5-8-13/h9-10H,2-8,13-14H2,1H3,(H,15,16)(H,17,18). The summed E-state index contributed by atoms with van der Waals surface area (Å²) in [6.07, 6.45) is 4.22. The van der Waals surface area contributed by atoms with Crippen molar-refractivity contribution in [1.29, 1.82) is 0 Å². The van der Waals surface area contributed by atoms with Crippen LogP contribution in [-0.2, 0) is 9.59 Å². The van der Waals surface area contributed by atoms with Crippen LogP contribution in [0.5, 0.6) is 0 Å². The lowest BCUT2D eigenvalue weighted by Gasteiger charge is -2.17. The summed E-state index contributed by atoms with van der Waals surface area (Å²) >= 11 is 0. The molecule has 106 valence electrons. The topological polar surface area (TPSA) is 118 Å². The largest absolute Gasteiger partial charge is 0.480 e. The number of unbranched alkanes of at least 4 members (excludes halogenated alkanes) is 2. The van der Waals surface area contributed by atoms with E-state index in [1.807, 2.05) is 6.92 Å². The van der Waals surface area contributed by atoms with E-state index in [2.05, 4.69) is 5.32 Å². The monoisotopic (exact) mass is 259 g/mol. The van der Waals surface area contributed by atoms with Crippen LogP contribution in [0.3, 0.4) is 0 Å². The molecule has 0 aromatic carbocycles. The molecule has 18 heavy (non-hydrogen) atoms. The van der Waals surface area contributed by atoms with Gasteiger partial charge in [0.05, 0.1) is 6.04 Å². The van der Waals surface area contributed by atoms with E-state index in [9.17, 15) is 9.59 Å². The van der Waals surface area contributed by atoms with Crippen LogP contribution in [-0.4, -0.2) is 35.6 Å². The molecule has 0 heterocycles. The highest BCUT2D eigenvalue weighted by Gasteiger charge is 2.22. The smallest absolute Gasteiger partial charge is 0.326 e. The molecule has 0 aliphatic heterocycles. The predicted molar refractivity (Wildman–Crippen MR) is 70.0 cm³/mol. The van der Waals surface area contributed by atoms with Gasteiger partial charge in [0.15, 0.2) is 0 Å². The van der Waals surface area contributed by atoms with Crippen molar-refractivity contribution >= 4 is 11.9 Å². The van der Waals surface area contributed by atoms with E-state index >= 15 is 0 Å². The molecule has 0 aliphatic carbocycles.